The fourth-order valence-corrected chi connectivity index (χ4v) is 3.68. The van der Waals surface area contributed by atoms with Crippen LogP contribution in [0.25, 0.3) is 10.2 Å². The molecule has 6 heteroatoms. The van der Waals surface area contributed by atoms with E-state index in [1.807, 2.05) is 24.1 Å². The fourth-order valence-electron chi connectivity index (χ4n) is 2.63. The third kappa shape index (κ3) is 2.25. The topological polar surface area (TPSA) is 71.2 Å². The number of nitrogens with zero attached hydrogens (tertiary/aromatic N) is 2. The maximum absolute atomic E-state index is 12.6. The summed E-state index contributed by atoms with van der Waals surface area (Å²) >= 11 is 1.38. The first-order valence-corrected chi connectivity index (χ1v) is 7.61. The van der Waals surface area contributed by atoms with Crippen LogP contribution in [0, 0.1) is 0 Å². The average molecular weight is 290 g/mol. The van der Waals surface area contributed by atoms with Crippen LogP contribution in [0.3, 0.4) is 0 Å². The van der Waals surface area contributed by atoms with Crippen LogP contribution in [0.1, 0.15) is 22.5 Å². The number of fused-ring (bicyclic) bond motifs is 1. The molecule has 0 spiro atoms. The summed E-state index contributed by atoms with van der Waals surface area (Å²) in [5, 5.41) is 4.19. The van der Waals surface area contributed by atoms with E-state index in [0.717, 1.165) is 36.1 Å². The van der Waals surface area contributed by atoms with Gasteiger partial charge in [0.15, 0.2) is 0 Å². The maximum atomic E-state index is 12.6. The largest absolute Gasteiger partial charge is 0.397 e. The van der Waals surface area contributed by atoms with Gasteiger partial charge in [0.25, 0.3) is 5.91 Å². The number of nitrogens with two attached hydrogens (primary N) is 1. The highest BCUT2D eigenvalue weighted by Gasteiger charge is 2.26. The monoisotopic (exact) mass is 290 g/mol. The van der Waals surface area contributed by atoms with Gasteiger partial charge in [-0.3, -0.25) is 4.79 Å². The van der Waals surface area contributed by atoms with Crippen molar-refractivity contribution in [1.82, 2.24) is 15.2 Å². The molecule has 1 amide bonds. The molecule has 1 aliphatic rings. The fraction of sp³-hybridized carbons (Fsp3) is 0.429. The second kappa shape index (κ2) is 5.38. The number of carbonyl (C=O) groups is 1. The van der Waals surface area contributed by atoms with Crippen molar-refractivity contribution in [2.45, 2.75) is 18.9 Å². The Kier molecular flexibility index (Phi) is 3.58. The van der Waals surface area contributed by atoms with Crippen molar-refractivity contribution < 1.29 is 4.79 Å². The van der Waals surface area contributed by atoms with Gasteiger partial charge < -0.3 is 16.0 Å². The molecule has 1 fully saturated rings. The van der Waals surface area contributed by atoms with Gasteiger partial charge in [0.1, 0.15) is 9.71 Å². The highest BCUT2D eigenvalue weighted by molar-refractivity contribution is 7.21. The normalized spacial score (nSPS) is 16.4. The van der Waals surface area contributed by atoms with Gasteiger partial charge >= 0.3 is 0 Å². The first-order chi connectivity index (χ1) is 9.68. The number of hydrogen-bond donors (Lipinski definition) is 2. The van der Waals surface area contributed by atoms with E-state index in [4.69, 9.17) is 5.73 Å². The molecule has 2 aromatic rings. The van der Waals surface area contributed by atoms with E-state index >= 15 is 0 Å². The SMILES string of the molecule is CN(C(=O)c1sc2ncccc2c1N)C1CCNCC1. The van der Waals surface area contributed by atoms with Crippen LogP contribution in [-0.4, -0.2) is 42.0 Å². The Balaban J connectivity index is 1.89. The lowest BCUT2D eigenvalue weighted by atomic mass is 10.1. The average Bonchev–Trinajstić information content (AvgIpc) is 2.84. The van der Waals surface area contributed by atoms with Gasteiger partial charge in [0.2, 0.25) is 0 Å². The van der Waals surface area contributed by atoms with Gasteiger partial charge in [0, 0.05) is 24.7 Å². The van der Waals surface area contributed by atoms with Crippen LogP contribution >= 0.6 is 11.3 Å². The number of pyridine rings is 1. The molecule has 3 N–H and O–H groups in total. The molecule has 106 valence electrons. The highest BCUT2D eigenvalue weighted by atomic mass is 32.1. The van der Waals surface area contributed by atoms with E-state index in [-0.39, 0.29) is 5.91 Å². The van der Waals surface area contributed by atoms with Crippen molar-refractivity contribution in [2.75, 3.05) is 25.9 Å². The Morgan fingerprint density at radius 1 is 1.50 bits per heavy atom. The lowest BCUT2D eigenvalue weighted by Crippen LogP contribution is -2.43. The smallest absolute Gasteiger partial charge is 0.266 e. The first kappa shape index (κ1) is 13.3. The maximum Gasteiger partial charge on any atom is 0.266 e. The molecular formula is C14H18N4OS. The minimum atomic E-state index is 0.0115. The zero-order chi connectivity index (χ0) is 14.1. The first-order valence-electron chi connectivity index (χ1n) is 6.79. The van der Waals surface area contributed by atoms with Crippen molar-refractivity contribution in [3.8, 4) is 0 Å². The lowest BCUT2D eigenvalue weighted by Gasteiger charge is -2.31. The molecule has 1 saturated heterocycles. The number of nitrogen functional groups attached to an aromatic ring is 1. The molecule has 1 aliphatic heterocycles. The Bertz CT molecular complexity index is 633. The summed E-state index contributed by atoms with van der Waals surface area (Å²) in [5.74, 6) is 0.0115. The number of anilines is 1. The summed E-state index contributed by atoms with van der Waals surface area (Å²) in [4.78, 5) is 20.2. The number of hydrogen-bond acceptors (Lipinski definition) is 5. The molecule has 2 aromatic heterocycles. The number of thiophene rings is 1. The molecule has 0 radical (unpaired) electrons. The quantitative estimate of drug-likeness (QED) is 0.883. The minimum absolute atomic E-state index is 0.0115. The lowest BCUT2D eigenvalue weighted by molar-refractivity contribution is 0.0709. The van der Waals surface area contributed by atoms with E-state index in [1.54, 1.807) is 6.20 Å². The molecular weight excluding hydrogens is 272 g/mol. The van der Waals surface area contributed by atoms with Crippen LogP contribution in [0.4, 0.5) is 5.69 Å². The van der Waals surface area contributed by atoms with Crippen LogP contribution in [0.15, 0.2) is 18.3 Å². The molecule has 3 heterocycles. The van der Waals surface area contributed by atoms with Gasteiger partial charge in [0.05, 0.1) is 5.69 Å². The van der Waals surface area contributed by atoms with E-state index in [1.165, 1.54) is 11.3 Å². The molecule has 20 heavy (non-hydrogen) atoms. The number of rotatable bonds is 2. The molecule has 0 aromatic carbocycles. The molecule has 0 atom stereocenters. The predicted molar refractivity (Wildman–Crippen MR) is 82.0 cm³/mol. The van der Waals surface area contributed by atoms with Gasteiger partial charge in [-0.05, 0) is 38.1 Å². The zero-order valence-electron chi connectivity index (χ0n) is 11.4. The Morgan fingerprint density at radius 2 is 2.25 bits per heavy atom. The Hall–Kier alpha value is -1.66. The van der Waals surface area contributed by atoms with Crippen LogP contribution in [-0.2, 0) is 0 Å². The van der Waals surface area contributed by atoms with Crippen molar-refractivity contribution in [1.29, 1.82) is 0 Å². The van der Waals surface area contributed by atoms with Gasteiger partial charge in [-0.15, -0.1) is 11.3 Å². The summed E-state index contributed by atoms with van der Waals surface area (Å²) in [6.45, 7) is 1.93. The summed E-state index contributed by atoms with van der Waals surface area (Å²) in [5.41, 5.74) is 6.68. The minimum Gasteiger partial charge on any atom is -0.397 e. The number of carbonyl (C=O) groups excluding carboxylic acids is 1. The number of nitrogens with one attached hydrogen (secondary N) is 1. The Morgan fingerprint density at radius 3 is 2.95 bits per heavy atom. The van der Waals surface area contributed by atoms with E-state index in [9.17, 15) is 4.79 Å². The molecule has 5 nitrogen and oxygen atoms in total. The van der Waals surface area contributed by atoms with Gasteiger partial charge in [-0.1, -0.05) is 0 Å². The van der Waals surface area contributed by atoms with Gasteiger partial charge in [-0.25, -0.2) is 4.98 Å². The second-order valence-corrected chi connectivity index (χ2v) is 6.10. The second-order valence-electron chi connectivity index (χ2n) is 5.10. The summed E-state index contributed by atoms with van der Waals surface area (Å²) in [6.07, 6.45) is 3.71. The van der Waals surface area contributed by atoms with Crippen molar-refractivity contribution in [2.24, 2.45) is 0 Å². The van der Waals surface area contributed by atoms with Crippen molar-refractivity contribution in [3.05, 3.63) is 23.2 Å². The third-order valence-corrected chi connectivity index (χ3v) is 4.99. The third-order valence-electron chi connectivity index (χ3n) is 3.88. The molecule has 0 saturated carbocycles. The van der Waals surface area contributed by atoms with Crippen LogP contribution in [0.2, 0.25) is 0 Å². The Labute approximate surface area is 121 Å². The highest BCUT2D eigenvalue weighted by Crippen LogP contribution is 2.33. The molecule has 0 unspecified atom stereocenters. The number of piperidine rings is 1. The predicted octanol–water partition coefficient (Wildman–Crippen LogP) is 1.70. The molecule has 3 rings (SSSR count). The van der Waals surface area contributed by atoms with Crippen LogP contribution in [0.5, 0.6) is 0 Å². The number of amides is 1. The summed E-state index contributed by atoms with van der Waals surface area (Å²) in [7, 11) is 1.87. The van der Waals surface area contributed by atoms with Crippen LogP contribution < -0.4 is 11.1 Å². The van der Waals surface area contributed by atoms with Crippen molar-refractivity contribution >= 4 is 33.1 Å². The van der Waals surface area contributed by atoms with Crippen molar-refractivity contribution in [3.63, 3.8) is 0 Å². The summed E-state index contributed by atoms with van der Waals surface area (Å²) < 4.78 is 0. The molecule has 0 bridgehead atoms. The van der Waals surface area contributed by atoms with E-state index < -0.39 is 0 Å². The summed E-state index contributed by atoms with van der Waals surface area (Å²) in [6, 6.07) is 4.05. The number of aromatic nitrogens is 1. The molecule has 0 aliphatic carbocycles. The zero-order valence-corrected chi connectivity index (χ0v) is 12.2. The van der Waals surface area contributed by atoms with E-state index in [2.05, 4.69) is 10.3 Å². The standard InChI is InChI=1S/C14H18N4OS/c1-18(9-4-7-16-8-5-9)14(19)12-11(15)10-3-2-6-17-13(10)20-12/h2-3,6,9,16H,4-5,7-8,15H2,1H3. The van der Waals surface area contributed by atoms with Gasteiger partial charge in [-0.2, -0.15) is 0 Å². The van der Waals surface area contributed by atoms with E-state index in [0.29, 0.717) is 16.6 Å².